The molecule has 1 aliphatic heterocycles. The van der Waals surface area contributed by atoms with E-state index in [1.165, 1.54) is 17.3 Å². The number of carbonyl (C=O) groups is 2. The molecule has 3 aromatic carbocycles. The first-order chi connectivity index (χ1) is 16.6. The second kappa shape index (κ2) is 11.7. The quantitative estimate of drug-likeness (QED) is 0.411. The predicted molar refractivity (Wildman–Crippen MR) is 136 cm³/mol. The molecule has 1 atom stereocenters. The van der Waals surface area contributed by atoms with Gasteiger partial charge in [0.05, 0.1) is 30.4 Å². The van der Waals surface area contributed by atoms with Crippen molar-refractivity contribution in [3.8, 4) is 0 Å². The molecule has 1 unspecified atom stereocenters. The van der Waals surface area contributed by atoms with Crippen molar-refractivity contribution in [2.75, 3.05) is 28.5 Å². The summed E-state index contributed by atoms with van der Waals surface area (Å²) in [6.45, 7) is 2.61. The molecule has 0 radical (unpaired) electrons. The second-order valence-corrected chi connectivity index (χ2v) is 8.84. The van der Waals surface area contributed by atoms with Crippen molar-refractivity contribution in [3.05, 3.63) is 95.6 Å². The maximum absolute atomic E-state index is 12.5. The number of esters is 1. The average Bonchev–Trinajstić information content (AvgIpc) is 3.21. The van der Waals surface area contributed by atoms with E-state index < -0.39 is 5.97 Å². The van der Waals surface area contributed by atoms with Crippen molar-refractivity contribution in [1.82, 2.24) is 0 Å². The molecule has 0 fully saturated rings. The van der Waals surface area contributed by atoms with E-state index in [1.54, 1.807) is 31.2 Å². The fourth-order valence-electron chi connectivity index (χ4n) is 3.86. The lowest BCUT2D eigenvalue weighted by atomic mass is 10.2. The first-order valence-corrected chi connectivity index (χ1v) is 12.4. The minimum Gasteiger partial charge on any atom is -0.462 e. The monoisotopic (exact) mass is 476 g/mol. The molecule has 0 spiro atoms. The first kappa shape index (κ1) is 23.9. The molecule has 0 saturated carbocycles. The minimum absolute atomic E-state index is 0.0746. The molecule has 1 heterocycles. The van der Waals surface area contributed by atoms with E-state index in [1.807, 2.05) is 30.3 Å². The lowest BCUT2D eigenvalue weighted by Crippen LogP contribution is -2.34. The summed E-state index contributed by atoms with van der Waals surface area (Å²) >= 11 is 1.53. The molecule has 3 aromatic rings. The van der Waals surface area contributed by atoms with Crippen LogP contribution in [0.25, 0.3) is 0 Å². The fourth-order valence-corrected chi connectivity index (χ4v) is 4.71. The van der Waals surface area contributed by atoms with E-state index in [0.29, 0.717) is 30.3 Å². The van der Waals surface area contributed by atoms with Crippen molar-refractivity contribution in [1.29, 1.82) is 0 Å². The van der Waals surface area contributed by atoms with Gasteiger partial charge in [-0.25, -0.2) is 4.79 Å². The molecule has 176 valence electrons. The zero-order chi connectivity index (χ0) is 23.8. The number of para-hydroxylation sites is 1. The number of hydrogen-bond acceptors (Lipinski definition) is 6. The van der Waals surface area contributed by atoms with Gasteiger partial charge in [0.1, 0.15) is 6.23 Å². The van der Waals surface area contributed by atoms with Crippen molar-refractivity contribution < 1.29 is 19.1 Å². The molecule has 0 aliphatic carbocycles. The van der Waals surface area contributed by atoms with E-state index in [9.17, 15) is 9.59 Å². The van der Waals surface area contributed by atoms with Gasteiger partial charge in [-0.05, 0) is 42.3 Å². The number of carbonyl (C=O) groups excluding carboxylic acids is 2. The Morgan fingerprint density at radius 3 is 2.65 bits per heavy atom. The topological polar surface area (TPSA) is 67.9 Å². The Bertz CT molecular complexity index is 1120. The fraction of sp³-hybridized carbons (Fsp3) is 0.259. The molecule has 0 aromatic heterocycles. The number of thioether (sulfide) groups is 1. The number of hydrogen-bond donors (Lipinski definition) is 1. The van der Waals surface area contributed by atoms with Crippen LogP contribution in [-0.4, -0.2) is 36.3 Å². The Labute approximate surface area is 204 Å². The van der Waals surface area contributed by atoms with E-state index >= 15 is 0 Å². The summed E-state index contributed by atoms with van der Waals surface area (Å²) in [4.78, 5) is 26.7. The number of anilines is 2. The summed E-state index contributed by atoms with van der Waals surface area (Å²) in [5.41, 5.74) is 4.53. The Morgan fingerprint density at radius 1 is 1.03 bits per heavy atom. The van der Waals surface area contributed by atoms with E-state index in [4.69, 9.17) is 9.47 Å². The van der Waals surface area contributed by atoms with E-state index in [0.717, 1.165) is 17.7 Å². The van der Waals surface area contributed by atoms with Crippen molar-refractivity contribution >= 4 is 35.0 Å². The highest BCUT2D eigenvalue weighted by molar-refractivity contribution is 8.00. The zero-order valence-corrected chi connectivity index (χ0v) is 19.9. The van der Waals surface area contributed by atoms with Gasteiger partial charge in [-0.1, -0.05) is 54.6 Å². The number of nitrogens with zero attached hydrogens (tertiary/aromatic N) is 1. The Kier molecular flexibility index (Phi) is 8.22. The molecule has 6 nitrogen and oxygen atoms in total. The third-order valence-corrected chi connectivity index (χ3v) is 6.38. The number of rotatable bonds is 10. The predicted octanol–water partition coefficient (Wildman–Crippen LogP) is 5.10. The van der Waals surface area contributed by atoms with Crippen molar-refractivity contribution in [2.24, 2.45) is 0 Å². The van der Waals surface area contributed by atoms with Crippen LogP contribution in [0.5, 0.6) is 0 Å². The summed E-state index contributed by atoms with van der Waals surface area (Å²) in [6.07, 6.45) is 0.741. The third-order valence-electron chi connectivity index (χ3n) is 5.45. The SMILES string of the molecule is CCOC(=O)c1cccc(NC(=O)CSCN2c3ccccc3CC2OCc2ccccc2)c1. The highest BCUT2D eigenvalue weighted by atomic mass is 32.2. The van der Waals surface area contributed by atoms with Gasteiger partial charge in [0.2, 0.25) is 5.91 Å². The lowest BCUT2D eigenvalue weighted by Gasteiger charge is -2.27. The maximum atomic E-state index is 12.5. The highest BCUT2D eigenvalue weighted by Crippen LogP contribution is 2.34. The van der Waals surface area contributed by atoms with Gasteiger partial charge in [-0.3, -0.25) is 4.79 Å². The molecule has 1 N–H and O–H groups in total. The van der Waals surface area contributed by atoms with Gasteiger partial charge in [0, 0.05) is 17.8 Å². The van der Waals surface area contributed by atoms with Gasteiger partial charge in [-0.15, -0.1) is 11.8 Å². The summed E-state index contributed by atoms with van der Waals surface area (Å²) in [7, 11) is 0. The average molecular weight is 477 g/mol. The van der Waals surface area contributed by atoms with Gasteiger partial charge >= 0.3 is 5.97 Å². The minimum atomic E-state index is -0.401. The summed E-state index contributed by atoms with van der Waals surface area (Å²) in [5.74, 6) is 0.392. The molecule has 34 heavy (non-hydrogen) atoms. The van der Waals surface area contributed by atoms with Crippen LogP contribution in [0.3, 0.4) is 0 Å². The lowest BCUT2D eigenvalue weighted by molar-refractivity contribution is -0.113. The number of ether oxygens (including phenoxy) is 2. The Balaban J connectivity index is 1.32. The number of fused-ring (bicyclic) bond motifs is 1. The maximum Gasteiger partial charge on any atom is 0.338 e. The second-order valence-electron chi connectivity index (χ2n) is 7.88. The van der Waals surface area contributed by atoms with Gasteiger partial charge in [0.25, 0.3) is 0 Å². The molecule has 1 amide bonds. The van der Waals surface area contributed by atoms with Crippen LogP contribution in [0, 0.1) is 0 Å². The zero-order valence-electron chi connectivity index (χ0n) is 19.1. The van der Waals surface area contributed by atoms with Crippen LogP contribution >= 0.6 is 11.8 Å². The smallest absolute Gasteiger partial charge is 0.338 e. The van der Waals surface area contributed by atoms with Crippen LogP contribution < -0.4 is 10.2 Å². The van der Waals surface area contributed by atoms with Crippen LogP contribution in [-0.2, 0) is 27.3 Å². The molecule has 4 rings (SSSR count). The largest absolute Gasteiger partial charge is 0.462 e. The van der Waals surface area contributed by atoms with Crippen LogP contribution in [0.2, 0.25) is 0 Å². The number of nitrogens with one attached hydrogen (secondary N) is 1. The first-order valence-electron chi connectivity index (χ1n) is 11.3. The van der Waals surface area contributed by atoms with Crippen LogP contribution in [0.4, 0.5) is 11.4 Å². The van der Waals surface area contributed by atoms with Crippen LogP contribution in [0.1, 0.15) is 28.4 Å². The molecular formula is C27H28N2O4S. The van der Waals surface area contributed by atoms with Gasteiger partial charge in [-0.2, -0.15) is 0 Å². The van der Waals surface area contributed by atoms with E-state index in [-0.39, 0.29) is 17.9 Å². The highest BCUT2D eigenvalue weighted by Gasteiger charge is 2.29. The molecule has 0 bridgehead atoms. The van der Waals surface area contributed by atoms with Crippen molar-refractivity contribution in [2.45, 2.75) is 26.2 Å². The van der Waals surface area contributed by atoms with Gasteiger partial charge < -0.3 is 19.7 Å². The van der Waals surface area contributed by atoms with Crippen LogP contribution in [0.15, 0.2) is 78.9 Å². The third kappa shape index (κ3) is 6.18. The molecule has 1 aliphatic rings. The number of benzene rings is 3. The normalized spacial score (nSPS) is 14.5. The molecule has 0 saturated heterocycles. The Morgan fingerprint density at radius 2 is 1.82 bits per heavy atom. The van der Waals surface area contributed by atoms with E-state index in [2.05, 4.69) is 34.5 Å². The van der Waals surface area contributed by atoms with Crippen molar-refractivity contribution in [3.63, 3.8) is 0 Å². The summed E-state index contributed by atoms with van der Waals surface area (Å²) in [5, 5.41) is 2.86. The Hall–Kier alpha value is -3.29. The summed E-state index contributed by atoms with van der Waals surface area (Å²) in [6, 6.07) is 25.2. The molecule has 7 heteroatoms. The van der Waals surface area contributed by atoms with Gasteiger partial charge in [0.15, 0.2) is 0 Å². The molecular weight excluding hydrogens is 448 g/mol. The number of amides is 1. The standard InChI is InChI=1S/C27H28N2O4S/c1-2-32-27(31)22-12-8-13-23(15-22)28-25(30)18-34-19-29-24-14-7-6-11-21(24)16-26(29)33-17-20-9-4-3-5-10-20/h3-15,26H,2,16-19H2,1H3,(H,28,30). The summed E-state index contributed by atoms with van der Waals surface area (Å²) < 4.78 is 11.3.